The van der Waals surface area contributed by atoms with Crippen LogP contribution in [0.4, 0.5) is 5.69 Å². The fourth-order valence-corrected chi connectivity index (χ4v) is 2.29. The first-order valence-corrected chi connectivity index (χ1v) is 10.0. The Kier molecular flexibility index (Phi) is 13.7. The maximum absolute atomic E-state index is 11.1. The van der Waals surface area contributed by atoms with Crippen molar-refractivity contribution in [3.63, 3.8) is 0 Å². The lowest BCUT2D eigenvalue weighted by Gasteiger charge is -2.13. The van der Waals surface area contributed by atoms with Gasteiger partial charge >= 0.3 is 0 Å². The molecule has 10 nitrogen and oxygen atoms in total. The summed E-state index contributed by atoms with van der Waals surface area (Å²) in [5.41, 5.74) is -0.457. The number of hydrogen-bond acceptors (Lipinski definition) is 9. The van der Waals surface area contributed by atoms with Gasteiger partial charge in [-0.05, 0) is 0 Å². The molecule has 0 aromatic heterocycles. The quantitative estimate of drug-likeness (QED) is 0.144. The lowest BCUT2D eigenvalue weighted by molar-refractivity contribution is -0.385. The van der Waals surface area contributed by atoms with Gasteiger partial charge in [-0.25, -0.2) is 0 Å². The lowest BCUT2D eigenvalue weighted by Crippen LogP contribution is -2.13. The molecule has 1 aromatic rings. The first kappa shape index (κ1) is 25.1. The zero-order chi connectivity index (χ0) is 21.3. The molecule has 0 saturated heterocycles. The van der Waals surface area contributed by atoms with Crippen LogP contribution in [0.5, 0.6) is 11.5 Å². The van der Waals surface area contributed by atoms with E-state index in [0.29, 0.717) is 39.6 Å². The Hall–Kier alpha value is -1.97. The maximum atomic E-state index is 11.1. The standard InChI is InChI=1S/C18H25BrN2O8/c1-24-4-10-28-18-13-16(21(22)23)15(14-20)12-17(18)29-11-9-27-8-7-26-6-5-25-3-2-19/h12-13H,2-11H2,1H3. The first-order chi connectivity index (χ1) is 14.1. The molecule has 0 N–H and O–H groups in total. The van der Waals surface area contributed by atoms with E-state index in [1.807, 2.05) is 0 Å². The number of rotatable bonds is 17. The van der Waals surface area contributed by atoms with Crippen molar-refractivity contribution >= 4 is 21.6 Å². The molecule has 0 bridgehead atoms. The smallest absolute Gasteiger partial charge is 0.291 e. The Morgan fingerprint density at radius 3 is 1.97 bits per heavy atom. The number of methoxy groups -OCH3 is 1. The normalized spacial score (nSPS) is 10.5. The Morgan fingerprint density at radius 1 is 0.931 bits per heavy atom. The number of alkyl halides is 1. The molecule has 0 radical (unpaired) electrons. The summed E-state index contributed by atoms with van der Waals surface area (Å²) in [4.78, 5) is 10.5. The lowest BCUT2D eigenvalue weighted by atomic mass is 10.1. The summed E-state index contributed by atoms with van der Waals surface area (Å²) in [6.45, 7) is 3.43. The van der Waals surface area contributed by atoms with Crippen molar-refractivity contribution in [2.75, 3.05) is 71.9 Å². The molecule has 29 heavy (non-hydrogen) atoms. The highest BCUT2D eigenvalue weighted by Crippen LogP contribution is 2.34. The van der Waals surface area contributed by atoms with E-state index in [1.54, 1.807) is 6.07 Å². The molecule has 0 amide bonds. The first-order valence-electron chi connectivity index (χ1n) is 8.90. The largest absolute Gasteiger partial charge is 0.487 e. The summed E-state index contributed by atoms with van der Waals surface area (Å²) in [6.07, 6.45) is 0. The van der Waals surface area contributed by atoms with Gasteiger partial charge in [0.05, 0.1) is 57.2 Å². The number of ether oxygens (including phenoxy) is 6. The van der Waals surface area contributed by atoms with Gasteiger partial charge in [0, 0.05) is 18.5 Å². The molecule has 0 heterocycles. The van der Waals surface area contributed by atoms with E-state index in [0.717, 1.165) is 5.33 Å². The Labute approximate surface area is 177 Å². The van der Waals surface area contributed by atoms with Gasteiger partial charge in [0.2, 0.25) is 0 Å². The Balaban J connectivity index is 2.45. The molecule has 0 unspecified atom stereocenters. The number of nitrogens with zero attached hydrogens (tertiary/aromatic N) is 2. The molecule has 0 aliphatic heterocycles. The fraction of sp³-hybridized carbons (Fsp3) is 0.611. The third-order valence-corrected chi connectivity index (χ3v) is 3.70. The van der Waals surface area contributed by atoms with Gasteiger partial charge in [-0.15, -0.1) is 0 Å². The maximum Gasteiger partial charge on any atom is 0.291 e. The molecule has 1 rings (SSSR count). The molecule has 0 aliphatic carbocycles. The highest BCUT2D eigenvalue weighted by Gasteiger charge is 2.20. The summed E-state index contributed by atoms with van der Waals surface area (Å²) < 4.78 is 32.0. The van der Waals surface area contributed by atoms with Crippen LogP contribution in [-0.4, -0.2) is 76.8 Å². The van der Waals surface area contributed by atoms with Crippen LogP contribution in [0, 0.1) is 21.4 Å². The van der Waals surface area contributed by atoms with E-state index < -0.39 is 4.92 Å². The number of nitriles is 1. The van der Waals surface area contributed by atoms with Gasteiger partial charge in [-0.1, -0.05) is 15.9 Å². The molecule has 0 saturated carbocycles. The predicted octanol–water partition coefficient (Wildman–Crippen LogP) is 2.32. The summed E-state index contributed by atoms with van der Waals surface area (Å²) in [7, 11) is 1.51. The predicted molar refractivity (Wildman–Crippen MR) is 107 cm³/mol. The van der Waals surface area contributed by atoms with Gasteiger partial charge in [0.15, 0.2) is 11.5 Å². The summed E-state index contributed by atoms with van der Waals surface area (Å²) in [5, 5.41) is 21.1. The second kappa shape index (κ2) is 15.9. The van der Waals surface area contributed by atoms with Crippen LogP contribution < -0.4 is 9.47 Å². The third-order valence-electron chi connectivity index (χ3n) is 3.37. The summed E-state index contributed by atoms with van der Waals surface area (Å²) in [6, 6.07) is 4.26. The zero-order valence-corrected chi connectivity index (χ0v) is 17.9. The number of nitro groups is 1. The van der Waals surface area contributed by atoms with Gasteiger partial charge in [0.25, 0.3) is 5.69 Å². The minimum absolute atomic E-state index is 0.111. The number of hydrogen-bond donors (Lipinski definition) is 0. The van der Waals surface area contributed by atoms with E-state index in [4.69, 9.17) is 33.7 Å². The van der Waals surface area contributed by atoms with Crippen LogP contribution in [-0.2, 0) is 18.9 Å². The average molecular weight is 477 g/mol. The highest BCUT2D eigenvalue weighted by molar-refractivity contribution is 9.09. The molecular weight excluding hydrogens is 452 g/mol. The molecule has 0 aliphatic rings. The fourth-order valence-electron chi connectivity index (χ4n) is 2.06. The van der Waals surface area contributed by atoms with E-state index in [9.17, 15) is 10.1 Å². The molecule has 162 valence electrons. The van der Waals surface area contributed by atoms with E-state index >= 15 is 0 Å². The summed E-state index contributed by atoms with van der Waals surface area (Å²) >= 11 is 3.27. The van der Waals surface area contributed by atoms with Crippen LogP contribution in [0.15, 0.2) is 12.1 Å². The Morgan fingerprint density at radius 2 is 1.45 bits per heavy atom. The minimum atomic E-state index is -0.639. The van der Waals surface area contributed by atoms with Crippen LogP contribution in [0.2, 0.25) is 0 Å². The van der Waals surface area contributed by atoms with Crippen LogP contribution in [0.25, 0.3) is 0 Å². The topological polar surface area (TPSA) is 122 Å². The zero-order valence-electron chi connectivity index (χ0n) is 16.3. The van der Waals surface area contributed by atoms with Crippen molar-refractivity contribution in [3.05, 3.63) is 27.8 Å². The average Bonchev–Trinajstić information content (AvgIpc) is 2.72. The molecule has 0 atom stereocenters. The third kappa shape index (κ3) is 10.4. The molecule has 0 spiro atoms. The van der Waals surface area contributed by atoms with Crippen molar-refractivity contribution < 1.29 is 33.3 Å². The van der Waals surface area contributed by atoms with E-state index in [1.165, 1.54) is 19.2 Å². The number of halogens is 1. The molecule has 0 fully saturated rings. The van der Waals surface area contributed by atoms with Gasteiger partial charge in [0.1, 0.15) is 24.8 Å². The molecule has 11 heteroatoms. The van der Waals surface area contributed by atoms with Crippen molar-refractivity contribution in [2.45, 2.75) is 0 Å². The SMILES string of the molecule is COCCOc1cc([N+](=O)[O-])c(C#N)cc1OCCOCCOCCOCCBr. The minimum Gasteiger partial charge on any atom is -0.487 e. The van der Waals surface area contributed by atoms with Gasteiger partial charge < -0.3 is 28.4 Å². The summed E-state index contributed by atoms with van der Waals surface area (Å²) in [5.74, 6) is 0.395. The van der Waals surface area contributed by atoms with Crippen LogP contribution in [0.3, 0.4) is 0 Å². The van der Waals surface area contributed by atoms with Crippen molar-refractivity contribution in [1.82, 2.24) is 0 Å². The molecule has 1 aromatic carbocycles. The van der Waals surface area contributed by atoms with Crippen molar-refractivity contribution in [3.8, 4) is 17.6 Å². The number of benzene rings is 1. The van der Waals surface area contributed by atoms with Crippen molar-refractivity contribution in [2.24, 2.45) is 0 Å². The highest BCUT2D eigenvalue weighted by atomic mass is 79.9. The van der Waals surface area contributed by atoms with Gasteiger partial charge in [-0.2, -0.15) is 5.26 Å². The van der Waals surface area contributed by atoms with E-state index in [-0.39, 0.29) is 42.6 Å². The molecular formula is C18H25BrN2O8. The second-order valence-corrected chi connectivity index (χ2v) is 6.19. The van der Waals surface area contributed by atoms with Crippen molar-refractivity contribution in [1.29, 1.82) is 5.26 Å². The monoisotopic (exact) mass is 476 g/mol. The Bertz CT molecular complexity index is 653. The van der Waals surface area contributed by atoms with Crippen LogP contribution >= 0.6 is 15.9 Å². The van der Waals surface area contributed by atoms with E-state index in [2.05, 4.69) is 15.9 Å². The van der Waals surface area contributed by atoms with Gasteiger partial charge in [-0.3, -0.25) is 10.1 Å². The number of nitro benzene ring substituents is 1. The van der Waals surface area contributed by atoms with Crippen LogP contribution in [0.1, 0.15) is 5.56 Å². The second-order valence-electron chi connectivity index (χ2n) is 5.40.